The number of benzene rings is 2. The minimum absolute atomic E-state index is 0.0360. The van der Waals surface area contributed by atoms with Crippen molar-refractivity contribution in [3.63, 3.8) is 0 Å². The van der Waals surface area contributed by atoms with Crippen LogP contribution in [0.15, 0.2) is 46.9 Å². The van der Waals surface area contributed by atoms with Crippen LogP contribution in [-0.2, 0) is 0 Å². The van der Waals surface area contributed by atoms with E-state index in [1.807, 2.05) is 38.1 Å². The van der Waals surface area contributed by atoms with Gasteiger partial charge in [0.2, 0.25) is 0 Å². The number of nitrogens with zero attached hydrogens (tertiary/aromatic N) is 1. The molecule has 20 heavy (non-hydrogen) atoms. The van der Waals surface area contributed by atoms with Crippen molar-refractivity contribution in [1.29, 1.82) is 0 Å². The predicted molar refractivity (Wildman–Crippen MR) is 84.0 cm³/mol. The zero-order chi connectivity index (χ0) is 14.7. The van der Waals surface area contributed by atoms with Crippen molar-refractivity contribution in [2.75, 3.05) is 5.32 Å². The molecule has 0 spiro atoms. The van der Waals surface area contributed by atoms with Crippen molar-refractivity contribution in [1.82, 2.24) is 0 Å². The maximum Gasteiger partial charge on any atom is 0.292 e. The van der Waals surface area contributed by atoms with Crippen LogP contribution >= 0.6 is 15.9 Å². The molecule has 2 aromatic carbocycles. The van der Waals surface area contributed by atoms with E-state index in [-0.39, 0.29) is 16.7 Å². The predicted octanol–water partition coefficient (Wildman–Crippen LogP) is 4.84. The molecule has 0 aliphatic carbocycles. The summed E-state index contributed by atoms with van der Waals surface area (Å²) in [4.78, 5) is 10.7. The number of halogens is 1. The highest BCUT2D eigenvalue weighted by Crippen LogP contribution is 2.31. The van der Waals surface area contributed by atoms with E-state index in [1.54, 1.807) is 12.1 Å². The van der Waals surface area contributed by atoms with Crippen LogP contribution < -0.4 is 5.32 Å². The maximum absolute atomic E-state index is 11.1. The summed E-state index contributed by atoms with van der Waals surface area (Å²) >= 11 is 3.50. The van der Waals surface area contributed by atoms with Crippen molar-refractivity contribution in [3.8, 4) is 0 Å². The first kappa shape index (κ1) is 14.5. The first-order chi connectivity index (χ1) is 9.49. The molecule has 0 heterocycles. The number of hydrogen-bond donors (Lipinski definition) is 1. The maximum atomic E-state index is 11.1. The normalized spacial score (nSPS) is 11.9. The fraction of sp³-hybridized carbons (Fsp3) is 0.200. The first-order valence-corrected chi connectivity index (χ1v) is 7.04. The number of anilines is 1. The Morgan fingerprint density at radius 1 is 1.25 bits per heavy atom. The van der Waals surface area contributed by atoms with E-state index in [9.17, 15) is 10.1 Å². The van der Waals surface area contributed by atoms with Crippen LogP contribution in [0.2, 0.25) is 0 Å². The molecule has 2 rings (SSSR count). The fourth-order valence-corrected chi connectivity index (χ4v) is 2.69. The zero-order valence-electron chi connectivity index (χ0n) is 11.3. The molecule has 104 valence electrons. The number of hydrogen-bond acceptors (Lipinski definition) is 3. The highest BCUT2D eigenvalue weighted by atomic mass is 79.9. The Hall–Kier alpha value is -1.88. The molecule has 0 radical (unpaired) electrons. The topological polar surface area (TPSA) is 55.2 Å². The number of aryl methyl sites for hydroxylation is 1. The van der Waals surface area contributed by atoms with E-state index in [1.165, 1.54) is 6.07 Å². The van der Waals surface area contributed by atoms with Gasteiger partial charge < -0.3 is 5.32 Å². The largest absolute Gasteiger partial charge is 0.373 e. The van der Waals surface area contributed by atoms with Gasteiger partial charge in [-0.05, 0) is 37.1 Å². The van der Waals surface area contributed by atoms with Gasteiger partial charge in [-0.15, -0.1) is 0 Å². The Morgan fingerprint density at radius 2 is 1.95 bits per heavy atom. The Kier molecular flexibility index (Phi) is 4.39. The molecule has 1 unspecified atom stereocenters. The summed E-state index contributed by atoms with van der Waals surface area (Å²) in [5.74, 6) is 0. The second-order valence-electron chi connectivity index (χ2n) is 4.67. The van der Waals surface area contributed by atoms with Crippen LogP contribution in [0.1, 0.15) is 24.1 Å². The quantitative estimate of drug-likeness (QED) is 0.642. The average molecular weight is 335 g/mol. The van der Waals surface area contributed by atoms with Crippen molar-refractivity contribution < 1.29 is 4.92 Å². The summed E-state index contributed by atoms with van der Waals surface area (Å²) in [5.41, 5.74) is 2.67. The second-order valence-corrected chi connectivity index (χ2v) is 5.52. The van der Waals surface area contributed by atoms with Gasteiger partial charge >= 0.3 is 0 Å². The minimum atomic E-state index is -0.367. The van der Waals surface area contributed by atoms with Gasteiger partial charge in [-0.2, -0.15) is 0 Å². The molecule has 0 aromatic heterocycles. The molecule has 0 saturated heterocycles. The summed E-state index contributed by atoms with van der Waals surface area (Å²) in [6.07, 6.45) is 0. The van der Waals surface area contributed by atoms with E-state index in [4.69, 9.17) is 0 Å². The van der Waals surface area contributed by atoms with Gasteiger partial charge in [0.25, 0.3) is 5.69 Å². The Labute approximate surface area is 126 Å². The summed E-state index contributed by atoms with van der Waals surface area (Å²) in [6, 6.07) is 12.9. The lowest BCUT2D eigenvalue weighted by atomic mass is 10.1. The van der Waals surface area contributed by atoms with Crippen LogP contribution in [0.25, 0.3) is 0 Å². The van der Waals surface area contributed by atoms with Crippen LogP contribution in [0, 0.1) is 17.0 Å². The van der Waals surface area contributed by atoms with E-state index in [0.29, 0.717) is 5.69 Å². The standard InChI is InChI=1S/C15H15BrN2O2/c1-10-7-8-15(18(19)20)14(9-10)17-11(2)12-5-3-4-6-13(12)16/h3-9,11,17H,1-2H3. The first-order valence-electron chi connectivity index (χ1n) is 6.25. The molecule has 0 aliphatic heterocycles. The smallest absolute Gasteiger partial charge is 0.292 e. The van der Waals surface area contributed by atoms with E-state index in [0.717, 1.165) is 15.6 Å². The van der Waals surface area contributed by atoms with Gasteiger partial charge in [0.05, 0.1) is 4.92 Å². The van der Waals surface area contributed by atoms with E-state index in [2.05, 4.69) is 21.2 Å². The molecule has 0 bridgehead atoms. The Morgan fingerprint density at radius 3 is 2.60 bits per heavy atom. The molecule has 2 aromatic rings. The third kappa shape index (κ3) is 3.17. The summed E-state index contributed by atoms with van der Waals surface area (Å²) in [6.45, 7) is 3.89. The molecule has 0 saturated carbocycles. The third-order valence-electron chi connectivity index (χ3n) is 3.09. The van der Waals surface area contributed by atoms with Crippen LogP contribution in [0.3, 0.4) is 0 Å². The van der Waals surface area contributed by atoms with Crippen LogP contribution in [-0.4, -0.2) is 4.92 Å². The molecule has 0 aliphatic rings. The van der Waals surface area contributed by atoms with E-state index < -0.39 is 0 Å². The molecule has 5 heteroatoms. The zero-order valence-corrected chi connectivity index (χ0v) is 12.8. The Balaban J connectivity index is 2.32. The number of rotatable bonds is 4. The third-order valence-corrected chi connectivity index (χ3v) is 3.81. The molecule has 1 N–H and O–H groups in total. The molecule has 4 nitrogen and oxygen atoms in total. The Bertz CT molecular complexity index is 644. The van der Waals surface area contributed by atoms with Crippen molar-refractivity contribution in [2.45, 2.75) is 19.9 Å². The van der Waals surface area contributed by atoms with Gasteiger partial charge in [0.15, 0.2) is 0 Å². The summed E-state index contributed by atoms with van der Waals surface area (Å²) < 4.78 is 0.982. The minimum Gasteiger partial charge on any atom is -0.373 e. The molecular formula is C15H15BrN2O2. The number of nitro benzene ring substituents is 1. The lowest BCUT2D eigenvalue weighted by Crippen LogP contribution is -2.09. The highest BCUT2D eigenvalue weighted by molar-refractivity contribution is 9.10. The van der Waals surface area contributed by atoms with Crippen LogP contribution in [0.4, 0.5) is 11.4 Å². The lowest BCUT2D eigenvalue weighted by Gasteiger charge is -2.17. The summed E-state index contributed by atoms with van der Waals surface area (Å²) in [7, 11) is 0. The molecule has 0 fully saturated rings. The van der Waals surface area contributed by atoms with Crippen molar-refractivity contribution in [3.05, 3.63) is 68.2 Å². The number of nitrogens with one attached hydrogen (secondary N) is 1. The van der Waals surface area contributed by atoms with Gasteiger partial charge in [-0.1, -0.05) is 40.2 Å². The molecule has 0 amide bonds. The SMILES string of the molecule is Cc1ccc([N+](=O)[O-])c(NC(C)c2ccccc2Br)c1. The van der Waals surface area contributed by atoms with Gasteiger partial charge in [0.1, 0.15) is 5.69 Å². The van der Waals surface area contributed by atoms with Crippen LogP contribution in [0.5, 0.6) is 0 Å². The fourth-order valence-electron chi connectivity index (χ4n) is 2.06. The van der Waals surface area contributed by atoms with Gasteiger partial charge in [-0.25, -0.2) is 0 Å². The van der Waals surface area contributed by atoms with Gasteiger partial charge in [0, 0.05) is 16.6 Å². The van der Waals surface area contributed by atoms with Gasteiger partial charge in [-0.3, -0.25) is 10.1 Å². The lowest BCUT2D eigenvalue weighted by molar-refractivity contribution is -0.384. The highest BCUT2D eigenvalue weighted by Gasteiger charge is 2.16. The van der Waals surface area contributed by atoms with Crippen molar-refractivity contribution >= 4 is 27.3 Å². The summed E-state index contributed by atoms with van der Waals surface area (Å²) in [5, 5.41) is 14.3. The second kappa shape index (κ2) is 6.05. The average Bonchev–Trinajstić information content (AvgIpc) is 2.38. The molecule has 1 atom stereocenters. The van der Waals surface area contributed by atoms with E-state index >= 15 is 0 Å². The monoisotopic (exact) mass is 334 g/mol. The molecular weight excluding hydrogens is 320 g/mol. The number of nitro groups is 1. The van der Waals surface area contributed by atoms with Crippen molar-refractivity contribution in [2.24, 2.45) is 0 Å².